The zero-order valence-electron chi connectivity index (χ0n) is 20.8. The lowest BCUT2D eigenvalue weighted by Gasteiger charge is -2.13. The van der Waals surface area contributed by atoms with Crippen LogP contribution in [0, 0.1) is 0 Å². The normalized spacial score (nSPS) is 12.1. The van der Waals surface area contributed by atoms with E-state index in [4.69, 9.17) is 14.4 Å². The number of nitrogens with zero attached hydrogens (tertiary/aromatic N) is 2. The van der Waals surface area contributed by atoms with Crippen molar-refractivity contribution in [2.45, 2.75) is 0 Å². The van der Waals surface area contributed by atoms with E-state index >= 15 is 0 Å². The molecule has 7 aromatic carbocycles. The fourth-order valence-electron chi connectivity index (χ4n) is 6.36. The minimum absolute atomic E-state index is 0.702. The van der Waals surface area contributed by atoms with Gasteiger partial charge in [0.1, 0.15) is 11.2 Å². The third kappa shape index (κ3) is 2.82. The first-order valence-corrected chi connectivity index (χ1v) is 13.2. The number of benzene rings is 7. The molecular formula is C36H20N2O. The second-order valence-electron chi connectivity index (χ2n) is 10.2. The van der Waals surface area contributed by atoms with Gasteiger partial charge in [-0.15, -0.1) is 0 Å². The third-order valence-corrected chi connectivity index (χ3v) is 8.08. The van der Waals surface area contributed by atoms with Crippen molar-refractivity contribution in [2.24, 2.45) is 0 Å². The van der Waals surface area contributed by atoms with Gasteiger partial charge in [-0.1, -0.05) is 97.1 Å². The first-order valence-electron chi connectivity index (χ1n) is 13.2. The molecule has 9 aromatic rings. The summed E-state index contributed by atoms with van der Waals surface area (Å²) >= 11 is 0. The summed E-state index contributed by atoms with van der Waals surface area (Å²) in [6.45, 7) is 0. The van der Waals surface area contributed by atoms with Crippen molar-refractivity contribution in [1.29, 1.82) is 0 Å². The van der Waals surface area contributed by atoms with Gasteiger partial charge in [0.2, 0.25) is 0 Å². The van der Waals surface area contributed by atoms with Crippen molar-refractivity contribution in [3.05, 3.63) is 121 Å². The molecule has 0 radical (unpaired) electrons. The lowest BCUT2D eigenvalue weighted by atomic mass is 9.91. The van der Waals surface area contributed by atoms with Crippen LogP contribution in [-0.4, -0.2) is 9.97 Å². The summed E-state index contributed by atoms with van der Waals surface area (Å²) in [5.74, 6) is 0.702. The summed E-state index contributed by atoms with van der Waals surface area (Å²) in [6, 6.07) is 40.4. The number of para-hydroxylation sites is 1. The van der Waals surface area contributed by atoms with Crippen LogP contribution in [0.25, 0.3) is 87.3 Å². The molecule has 0 fully saturated rings. The number of rotatable bonds is 1. The molecule has 0 aliphatic rings. The molecule has 0 amide bonds. The quantitative estimate of drug-likeness (QED) is 0.212. The van der Waals surface area contributed by atoms with E-state index in [9.17, 15) is 0 Å². The Labute approximate surface area is 222 Å². The summed E-state index contributed by atoms with van der Waals surface area (Å²) in [5, 5.41) is 12.7. The van der Waals surface area contributed by atoms with Gasteiger partial charge in [0, 0.05) is 33.3 Å². The number of furan rings is 1. The summed E-state index contributed by atoms with van der Waals surface area (Å²) in [5.41, 5.74) is 3.67. The van der Waals surface area contributed by atoms with Crippen LogP contribution in [0.1, 0.15) is 0 Å². The zero-order chi connectivity index (χ0) is 25.5. The lowest BCUT2D eigenvalue weighted by Crippen LogP contribution is -1.93. The molecule has 180 valence electrons. The first-order chi connectivity index (χ1) is 19.3. The maximum Gasteiger partial charge on any atom is 0.160 e. The number of aromatic nitrogens is 2. The lowest BCUT2D eigenvalue weighted by molar-refractivity contribution is 0.673. The molecule has 3 nitrogen and oxygen atoms in total. The summed E-state index contributed by atoms with van der Waals surface area (Å²) in [7, 11) is 0. The van der Waals surface area contributed by atoms with E-state index in [2.05, 4.69) is 103 Å². The molecule has 0 saturated heterocycles. The molecule has 0 aliphatic carbocycles. The zero-order valence-corrected chi connectivity index (χ0v) is 20.8. The Balaban J connectivity index is 1.49. The van der Waals surface area contributed by atoms with Crippen molar-refractivity contribution in [3.8, 4) is 11.4 Å². The van der Waals surface area contributed by atoms with Crippen LogP contribution < -0.4 is 0 Å². The predicted molar refractivity (Wildman–Crippen MR) is 162 cm³/mol. The number of fused-ring (bicyclic) bond motifs is 13. The van der Waals surface area contributed by atoms with Gasteiger partial charge in [-0.2, -0.15) is 0 Å². The fourth-order valence-corrected chi connectivity index (χ4v) is 6.36. The summed E-state index contributed by atoms with van der Waals surface area (Å²) < 4.78 is 6.67. The highest BCUT2D eigenvalue weighted by Gasteiger charge is 2.21. The Morgan fingerprint density at radius 1 is 0.487 bits per heavy atom. The topological polar surface area (TPSA) is 38.9 Å². The molecule has 9 rings (SSSR count). The van der Waals surface area contributed by atoms with E-state index in [1.165, 1.54) is 26.9 Å². The second-order valence-corrected chi connectivity index (χ2v) is 10.2. The van der Waals surface area contributed by atoms with Crippen LogP contribution >= 0.6 is 0 Å². The number of hydrogen-bond acceptors (Lipinski definition) is 3. The first kappa shape index (κ1) is 20.7. The molecule has 2 aromatic heterocycles. The molecule has 0 saturated carbocycles. The Bertz CT molecular complexity index is 2450. The molecule has 39 heavy (non-hydrogen) atoms. The van der Waals surface area contributed by atoms with Crippen molar-refractivity contribution < 1.29 is 4.42 Å². The third-order valence-electron chi connectivity index (χ3n) is 8.08. The van der Waals surface area contributed by atoms with Crippen LogP contribution in [-0.2, 0) is 0 Å². The van der Waals surface area contributed by atoms with Crippen LogP contribution in [0.4, 0.5) is 0 Å². The van der Waals surface area contributed by atoms with Gasteiger partial charge in [0.25, 0.3) is 0 Å². The smallest absolute Gasteiger partial charge is 0.160 e. The van der Waals surface area contributed by atoms with Crippen molar-refractivity contribution in [1.82, 2.24) is 9.97 Å². The highest BCUT2D eigenvalue weighted by Crippen LogP contribution is 2.45. The van der Waals surface area contributed by atoms with Crippen LogP contribution in [0.5, 0.6) is 0 Å². The molecule has 0 unspecified atom stereocenters. The Kier molecular flexibility index (Phi) is 4.05. The molecule has 3 heteroatoms. The Hall–Kier alpha value is -5.28. The van der Waals surface area contributed by atoms with E-state index < -0.39 is 0 Å². The standard InChI is InChI=1S/C36H20N2O/c1-2-10-22-21(9-1)17-18-31-30(22)20-37-36(38-31)29-19-28-25-13-4-3-11-23(25)24-12-5-6-14-26(24)33(28)35-34(29)27-15-7-8-16-32(27)39-35/h1-20H. The Morgan fingerprint density at radius 3 is 1.95 bits per heavy atom. The molecule has 0 aliphatic heterocycles. The van der Waals surface area contributed by atoms with Crippen LogP contribution in [0.15, 0.2) is 126 Å². The van der Waals surface area contributed by atoms with E-state index in [0.29, 0.717) is 5.82 Å². The molecule has 0 atom stereocenters. The maximum atomic E-state index is 6.67. The molecule has 2 heterocycles. The van der Waals surface area contributed by atoms with Crippen molar-refractivity contribution in [2.75, 3.05) is 0 Å². The predicted octanol–water partition coefficient (Wildman–Crippen LogP) is 9.81. The van der Waals surface area contributed by atoms with Gasteiger partial charge in [0.05, 0.1) is 5.52 Å². The maximum absolute atomic E-state index is 6.67. The average molecular weight is 497 g/mol. The van der Waals surface area contributed by atoms with E-state index in [1.807, 2.05) is 18.3 Å². The number of hydrogen-bond donors (Lipinski definition) is 0. The fraction of sp³-hybridized carbons (Fsp3) is 0. The van der Waals surface area contributed by atoms with Gasteiger partial charge in [0.15, 0.2) is 5.82 Å². The molecule has 0 N–H and O–H groups in total. The van der Waals surface area contributed by atoms with Gasteiger partial charge < -0.3 is 4.42 Å². The summed E-state index contributed by atoms with van der Waals surface area (Å²) in [4.78, 5) is 10.1. The highest BCUT2D eigenvalue weighted by atomic mass is 16.3. The van der Waals surface area contributed by atoms with E-state index in [1.54, 1.807) is 0 Å². The molecule has 0 bridgehead atoms. The van der Waals surface area contributed by atoms with E-state index in [-0.39, 0.29) is 0 Å². The minimum atomic E-state index is 0.702. The van der Waals surface area contributed by atoms with E-state index in [0.717, 1.165) is 54.6 Å². The van der Waals surface area contributed by atoms with Crippen molar-refractivity contribution >= 4 is 75.9 Å². The highest BCUT2D eigenvalue weighted by molar-refractivity contribution is 6.34. The molecular weight excluding hydrogens is 476 g/mol. The van der Waals surface area contributed by atoms with Crippen LogP contribution in [0.2, 0.25) is 0 Å². The van der Waals surface area contributed by atoms with Gasteiger partial charge >= 0.3 is 0 Å². The second kappa shape index (κ2) is 7.62. The average Bonchev–Trinajstić information content (AvgIpc) is 3.40. The van der Waals surface area contributed by atoms with Crippen molar-refractivity contribution in [3.63, 3.8) is 0 Å². The molecule has 0 spiro atoms. The van der Waals surface area contributed by atoms with Gasteiger partial charge in [-0.05, 0) is 55.9 Å². The Morgan fingerprint density at radius 2 is 1.13 bits per heavy atom. The monoisotopic (exact) mass is 496 g/mol. The van der Waals surface area contributed by atoms with Gasteiger partial charge in [-0.3, -0.25) is 0 Å². The SMILES string of the molecule is c1ccc2c(c1)ccc1nc(-c3cc4c5ccccc5c5ccccc5c4c4oc5ccccc5c34)ncc12. The largest absolute Gasteiger partial charge is 0.455 e. The van der Waals surface area contributed by atoms with Crippen LogP contribution in [0.3, 0.4) is 0 Å². The van der Waals surface area contributed by atoms with Gasteiger partial charge in [-0.25, -0.2) is 9.97 Å². The minimum Gasteiger partial charge on any atom is -0.455 e. The summed E-state index contributed by atoms with van der Waals surface area (Å²) in [6.07, 6.45) is 1.97.